The molecule has 0 unspecified atom stereocenters. The number of para-hydroxylation sites is 1. The summed E-state index contributed by atoms with van der Waals surface area (Å²) in [6.07, 6.45) is 0. The van der Waals surface area contributed by atoms with Gasteiger partial charge in [0.1, 0.15) is 11.2 Å². The van der Waals surface area contributed by atoms with E-state index in [1.807, 2.05) is 0 Å². The maximum atomic E-state index is 6.44. The van der Waals surface area contributed by atoms with Gasteiger partial charge in [-0.05, 0) is 103 Å². The summed E-state index contributed by atoms with van der Waals surface area (Å²) in [6, 6.07) is 76.7. The quantitative estimate of drug-likeness (QED) is 0.160. The van der Waals surface area contributed by atoms with E-state index in [2.05, 4.69) is 217 Å². The summed E-state index contributed by atoms with van der Waals surface area (Å²) >= 11 is 0. The first kappa shape index (κ1) is 32.0. The Labute approximate surface area is 325 Å². The molecule has 11 aromatic rings. The summed E-state index contributed by atoms with van der Waals surface area (Å²) in [5.41, 5.74) is 12.1. The highest BCUT2D eigenvalue weighted by molar-refractivity contribution is 6.14. The van der Waals surface area contributed by atoms with E-state index in [-0.39, 0.29) is 0 Å². The fourth-order valence-electron chi connectivity index (χ4n) is 8.57. The van der Waals surface area contributed by atoms with Crippen LogP contribution in [0, 0.1) is 0 Å². The van der Waals surface area contributed by atoms with Crippen LogP contribution in [0.2, 0.25) is 0 Å². The molecule has 1 heterocycles. The topological polar surface area (TPSA) is 16.4 Å². The van der Waals surface area contributed by atoms with Crippen LogP contribution in [-0.2, 0) is 0 Å². The van der Waals surface area contributed by atoms with E-state index < -0.39 is 0 Å². The summed E-state index contributed by atoms with van der Waals surface area (Å²) in [5, 5.41) is 9.51. The van der Waals surface area contributed by atoms with Crippen molar-refractivity contribution in [2.45, 2.75) is 0 Å². The van der Waals surface area contributed by atoms with Gasteiger partial charge in [0.2, 0.25) is 0 Å². The second kappa shape index (κ2) is 13.2. The van der Waals surface area contributed by atoms with Crippen molar-refractivity contribution in [3.63, 3.8) is 0 Å². The number of hydrogen-bond acceptors (Lipinski definition) is 2. The first-order valence-corrected chi connectivity index (χ1v) is 19.2. The highest BCUT2D eigenvalue weighted by Gasteiger charge is 2.22. The molecule has 10 aromatic carbocycles. The molecule has 0 saturated heterocycles. The first-order chi connectivity index (χ1) is 27.8. The minimum atomic E-state index is 0.887. The zero-order valence-electron chi connectivity index (χ0n) is 30.6. The minimum Gasteiger partial charge on any atom is -0.456 e. The Balaban J connectivity index is 1.17. The fraction of sp³-hybridized carbons (Fsp3) is 0. The molecule has 1 aromatic heterocycles. The monoisotopic (exact) mass is 713 g/mol. The van der Waals surface area contributed by atoms with Gasteiger partial charge in [-0.3, -0.25) is 0 Å². The molecule has 0 fully saturated rings. The van der Waals surface area contributed by atoms with E-state index >= 15 is 0 Å². The number of rotatable bonds is 6. The van der Waals surface area contributed by atoms with Crippen molar-refractivity contribution in [1.82, 2.24) is 0 Å². The van der Waals surface area contributed by atoms with Crippen molar-refractivity contribution in [2.24, 2.45) is 0 Å². The number of furan rings is 1. The highest BCUT2D eigenvalue weighted by atomic mass is 16.3. The second-order valence-electron chi connectivity index (χ2n) is 14.5. The number of anilines is 3. The van der Waals surface area contributed by atoms with Crippen LogP contribution in [0.5, 0.6) is 0 Å². The zero-order chi connectivity index (χ0) is 37.0. The summed E-state index contributed by atoms with van der Waals surface area (Å²) in [4.78, 5) is 2.46. The molecule has 0 N–H and O–H groups in total. The maximum Gasteiger partial charge on any atom is 0.136 e. The van der Waals surface area contributed by atoms with Crippen LogP contribution in [0.25, 0.3) is 87.6 Å². The largest absolute Gasteiger partial charge is 0.456 e. The van der Waals surface area contributed by atoms with Gasteiger partial charge in [-0.2, -0.15) is 0 Å². The molecular formula is C54H35NO. The molecule has 0 atom stereocenters. The number of fused-ring (bicyclic) bond motifs is 7. The van der Waals surface area contributed by atoms with Crippen LogP contribution in [0.1, 0.15) is 0 Å². The van der Waals surface area contributed by atoms with Gasteiger partial charge < -0.3 is 9.32 Å². The van der Waals surface area contributed by atoms with Crippen molar-refractivity contribution >= 4 is 71.3 Å². The molecule has 0 aliphatic heterocycles. The number of benzene rings is 10. The Kier molecular flexibility index (Phi) is 7.53. The fourth-order valence-corrected chi connectivity index (χ4v) is 8.57. The van der Waals surface area contributed by atoms with Gasteiger partial charge in [0.05, 0.1) is 11.4 Å². The molecule has 11 rings (SSSR count). The van der Waals surface area contributed by atoms with E-state index in [1.165, 1.54) is 54.6 Å². The molecule has 0 aliphatic rings. The van der Waals surface area contributed by atoms with Gasteiger partial charge in [-0.1, -0.05) is 164 Å². The van der Waals surface area contributed by atoms with E-state index in [0.29, 0.717) is 0 Å². The molecular weight excluding hydrogens is 679 g/mol. The lowest BCUT2D eigenvalue weighted by atomic mass is 9.93. The summed E-state index contributed by atoms with van der Waals surface area (Å²) in [5.74, 6) is 0. The molecule has 262 valence electrons. The van der Waals surface area contributed by atoms with Crippen molar-refractivity contribution in [3.8, 4) is 33.4 Å². The molecule has 0 saturated carbocycles. The van der Waals surface area contributed by atoms with Gasteiger partial charge in [0, 0.05) is 27.4 Å². The van der Waals surface area contributed by atoms with Gasteiger partial charge in [-0.15, -0.1) is 0 Å². The van der Waals surface area contributed by atoms with Crippen molar-refractivity contribution in [1.29, 1.82) is 0 Å². The van der Waals surface area contributed by atoms with Crippen molar-refractivity contribution < 1.29 is 4.42 Å². The third kappa shape index (κ3) is 5.34. The first-order valence-electron chi connectivity index (χ1n) is 19.2. The second-order valence-corrected chi connectivity index (χ2v) is 14.5. The minimum absolute atomic E-state index is 0.887. The van der Waals surface area contributed by atoms with Crippen LogP contribution in [0.3, 0.4) is 0 Å². The molecule has 0 bridgehead atoms. The predicted molar refractivity (Wildman–Crippen MR) is 237 cm³/mol. The smallest absolute Gasteiger partial charge is 0.136 e. The lowest BCUT2D eigenvalue weighted by molar-refractivity contribution is 0.669. The molecule has 0 amide bonds. The Morgan fingerprint density at radius 1 is 0.286 bits per heavy atom. The molecule has 2 heteroatoms. The Morgan fingerprint density at radius 3 is 1.75 bits per heavy atom. The van der Waals surface area contributed by atoms with Crippen LogP contribution in [-0.4, -0.2) is 0 Å². The van der Waals surface area contributed by atoms with Crippen LogP contribution < -0.4 is 4.90 Å². The van der Waals surface area contributed by atoms with Crippen LogP contribution in [0.15, 0.2) is 217 Å². The van der Waals surface area contributed by atoms with Gasteiger partial charge in [0.25, 0.3) is 0 Å². The number of hydrogen-bond donors (Lipinski definition) is 0. The van der Waals surface area contributed by atoms with Gasteiger partial charge in [-0.25, -0.2) is 0 Å². The Bertz CT molecular complexity index is 3250. The van der Waals surface area contributed by atoms with Gasteiger partial charge >= 0.3 is 0 Å². The predicted octanol–water partition coefficient (Wildman–Crippen LogP) is 15.5. The number of nitrogens with zero attached hydrogens (tertiary/aromatic N) is 1. The Hall–Kier alpha value is -7.42. The standard InChI is InChI=1S/C54H35NO/c1-3-14-36(15-4-1)44-30-28-42(35-48(44)37-16-5-2-6-17-37)55(52-25-13-23-46-43-21-10-9-18-38(43)26-29-47(46)52)51-24-12-11-22-45(51)41-27-31-53-49(33-41)50-32-39-19-7-8-20-40(39)34-54(50)56-53/h1-35H. The van der Waals surface area contributed by atoms with Gasteiger partial charge in [0.15, 0.2) is 0 Å². The lowest BCUT2D eigenvalue weighted by Crippen LogP contribution is -2.12. The summed E-state index contributed by atoms with van der Waals surface area (Å²) < 4.78 is 6.44. The van der Waals surface area contributed by atoms with E-state index in [0.717, 1.165) is 50.1 Å². The zero-order valence-corrected chi connectivity index (χ0v) is 30.6. The SMILES string of the molecule is c1ccc(-c2ccc(N(c3ccccc3-c3ccc4oc5cc6ccccc6cc5c4c3)c3cccc4c3ccc3ccccc34)cc2-c2ccccc2)cc1. The molecule has 56 heavy (non-hydrogen) atoms. The van der Waals surface area contributed by atoms with Crippen LogP contribution >= 0.6 is 0 Å². The van der Waals surface area contributed by atoms with E-state index in [1.54, 1.807) is 0 Å². The third-order valence-corrected chi connectivity index (χ3v) is 11.2. The highest BCUT2D eigenvalue weighted by Crippen LogP contribution is 2.47. The summed E-state index contributed by atoms with van der Waals surface area (Å²) in [7, 11) is 0. The molecule has 0 radical (unpaired) electrons. The van der Waals surface area contributed by atoms with Crippen molar-refractivity contribution in [2.75, 3.05) is 4.90 Å². The Morgan fingerprint density at radius 2 is 0.929 bits per heavy atom. The third-order valence-electron chi connectivity index (χ3n) is 11.2. The van der Waals surface area contributed by atoms with E-state index in [9.17, 15) is 0 Å². The summed E-state index contributed by atoms with van der Waals surface area (Å²) in [6.45, 7) is 0. The average molecular weight is 714 g/mol. The molecule has 0 aliphatic carbocycles. The van der Waals surface area contributed by atoms with Crippen molar-refractivity contribution in [3.05, 3.63) is 212 Å². The lowest BCUT2D eigenvalue weighted by Gasteiger charge is -2.30. The molecule has 0 spiro atoms. The molecule has 2 nitrogen and oxygen atoms in total. The maximum absolute atomic E-state index is 6.44. The van der Waals surface area contributed by atoms with E-state index in [4.69, 9.17) is 4.42 Å². The van der Waals surface area contributed by atoms with Crippen LogP contribution in [0.4, 0.5) is 17.1 Å². The average Bonchev–Trinajstić information content (AvgIpc) is 3.63. The normalized spacial score (nSPS) is 11.6.